The van der Waals surface area contributed by atoms with Gasteiger partial charge in [0.1, 0.15) is 11.5 Å². The Kier molecular flexibility index (Phi) is 3.79. The predicted octanol–water partition coefficient (Wildman–Crippen LogP) is 1.13. The lowest BCUT2D eigenvalue weighted by atomic mass is 10.3. The van der Waals surface area contributed by atoms with E-state index in [2.05, 4.69) is 15.3 Å². The van der Waals surface area contributed by atoms with E-state index in [9.17, 15) is 4.79 Å². The number of rotatable bonds is 4. The van der Waals surface area contributed by atoms with Gasteiger partial charge >= 0.3 is 0 Å². The Morgan fingerprint density at radius 3 is 2.84 bits per heavy atom. The van der Waals surface area contributed by atoms with Gasteiger partial charge in [-0.05, 0) is 12.1 Å². The first-order chi connectivity index (χ1) is 9.11. The number of carbonyl (C=O) groups excluding carboxylic acids is 1. The van der Waals surface area contributed by atoms with Crippen molar-refractivity contribution >= 4 is 11.6 Å². The van der Waals surface area contributed by atoms with Crippen molar-refractivity contribution in [3.63, 3.8) is 0 Å². The highest BCUT2D eigenvalue weighted by Gasteiger charge is 2.15. The summed E-state index contributed by atoms with van der Waals surface area (Å²) < 4.78 is 1.89. The molecule has 2 aromatic heterocycles. The van der Waals surface area contributed by atoms with Crippen molar-refractivity contribution < 1.29 is 4.79 Å². The quantitative estimate of drug-likeness (QED) is 0.894. The first kappa shape index (κ1) is 13.1. The number of nitrogens with zero attached hydrogens (tertiary/aromatic N) is 4. The van der Waals surface area contributed by atoms with Crippen LogP contribution in [0.5, 0.6) is 0 Å². The fourth-order valence-corrected chi connectivity index (χ4v) is 1.73. The first-order valence-electron chi connectivity index (χ1n) is 5.97. The van der Waals surface area contributed by atoms with Crippen molar-refractivity contribution in [3.05, 3.63) is 42.2 Å². The highest BCUT2D eigenvalue weighted by atomic mass is 16.2. The van der Waals surface area contributed by atoms with Crippen LogP contribution in [-0.2, 0) is 13.6 Å². The lowest BCUT2D eigenvalue weighted by molar-refractivity contribution is 0.0775. The molecule has 0 spiro atoms. The molecule has 1 N–H and O–H groups in total. The van der Waals surface area contributed by atoms with Gasteiger partial charge < -0.3 is 14.8 Å². The van der Waals surface area contributed by atoms with Gasteiger partial charge in [-0.3, -0.25) is 9.78 Å². The highest BCUT2D eigenvalue weighted by Crippen LogP contribution is 2.10. The van der Waals surface area contributed by atoms with E-state index < -0.39 is 0 Å². The number of imidazole rings is 1. The second-order valence-corrected chi connectivity index (χ2v) is 4.30. The van der Waals surface area contributed by atoms with Crippen LogP contribution in [0, 0.1) is 0 Å². The predicted molar refractivity (Wildman–Crippen MR) is 72.8 cm³/mol. The van der Waals surface area contributed by atoms with Gasteiger partial charge in [0.05, 0.1) is 6.54 Å². The van der Waals surface area contributed by atoms with Crippen molar-refractivity contribution in [3.8, 4) is 0 Å². The van der Waals surface area contributed by atoms with Gasteiger partial charge in [-0.25, -0.2) is 4.98 Å². The number of hydrogen-bond acceptors (Lipinski definition) is 4. The van der Waals surface area contributed by atoms with Gasteiger partial charge in [0, 0.05) is 45.4 Å². The second-order valence-electron chi connectivity index (χ2n) is 4.30. The molecule has 2 rings (SSSR count). The summed E-state index contributed by atoms with van der Waals surface area (Å²) >= 11 is 0. The Hall–Kier alpha value is -2.37. The number of aromatic nitrogens is 3. The Morgan fingerprint density at radius 1 is 1.42 bits per heavy atom. The topological polar surface area (TPSA) is 63.1 Å². The zero-order valence-corrected chi connectivity index (χ0v) is 11.3. The van der Waals surface area contributed by atoms with Gasteiger partial charge in [0.2, 0.25) is 0 Å². The number of nitrogens with one attached hydrogen (secondary N) is 1. The van der Waals surface area contributed by atoms with Crippen LogP contribution in [-0.4, -0.2) is 39.4 Å². The number of amides is 1. The molecule has 0 atom stereocenters. The summed E-state index contributed by atoms with van der Waals surface area (Å²) in [7, 11) is 5.45. The Bertz CT molecular complexity index is 578. The molecule has 0 radical (unpaired) electrons. The number of aryl methyl sites for hydroxylation is 1. The van der Waals surface area contributed by atoms with E-state index in [0.717, 1.165) is 11.5 Å². The molecule has 0 saturated carbocycles. The molecule has 100 valence electrons. The van der Waals surface area contributed by atoms with Crippen LogP contribution in [0.25, 0.3) is 0 Å². The summed E-state index contributed by atoms with van der Waals surface area (Å²) in [6, 6.07) is 3.55. The third kappa shape index (κ3) is 2.90. The average molecular weight is 259 g/mol. The van der Waals surface area contributed by atoms with E-state index in [-0.39, 0.29) is 5.91 Å². The molecular weight excluding hydrogens is 242 g/mol. The minimum Gasteiger partial charge on any atom is -0.388 e. The van der Waals surface area contributed by atoms with E-state index in [4.69, 9.17) is 0 Å². The van der Waals surface area contributed by atoms with Crippen molar-refractivity contribution in [1.82, 2.24) is 19.4 Å². The minimum atomic E-state index is -0.125. The normalized spacial score (nSPS) is 10.3. The lowest BCUT2D eigenvalue weighted by Gasteiger charge is -2.16. The summed E-state index contributed by atoms with van der Waals surface area (Å²) in [4.78, 5) is 22.2. The third-order valence-corrected chi connectivity index (χ3v) is 2.91. The van der Waals surface area contributed by atoms with Gasteiger partial charge in [0.25, 0.3) is 5.91 Å². The maximum Gasteiger partial charge on any atom is 0.272 e. The standard InChI is InChI=1S/C13H17N5O/c1-14-10-4-5-15-11(8-10)13(19)18(3)9-12-16-6-7-17(12)2/h4-8H,9H2,1-3H3,(H,14,15). The molecule has 0 unspecified atom stereocenters. The molecular formula is C13H17N5O. The van der Waals surface area contributed by atoms with E-state index in [1.54, 1.807) is 37.5 Å². The third-order valence-electron chi connectivity index (χ3n) is 2.91. The van der Waals surface area contributed by atoms with Gasteiger partial charge in [-0.1, -0.05) is 0 Å². The highest BCUT2D eigenvalue weighted by molar-refractivity contribution is 5.92. The molecule has 2 heterocycles. The number of anilines is 1. The number of carbonyl (C=O) groups is 1. The van der Waals surface area contributed by atoms with Crippen LogP contribution in [0.1, 0.15) is 16.3 Å². The fourth-order valence-electron chi connectivity index (χ4n) is 1.73. The van der Waals surface area contributed by atoms with Crippen LogP contribution in [0.15, 0.2) is 30.7 Å². The Balaban J connectivity index is 2.12. The zero-order valence-electron chi connectivity index (χ0n) is 11.3. The van der Waals surface area contributed by atoms with E-state index in [1.807, 2.05) is 23.9 Å². The summed E-state index contributed by atoms with van der Waals surface area (Å²) in [5.41, 5.74) is 1.28. The molecule has 0 fully saturated rings. The van der Waals surface area contributed by atoms with Crippen LogP contribution >= 0.6 is 0 Å². The monoisotopic (exact) mass is 259 g/mol. The van der Waals surface area contributed by atoms with Gasteiger partial charge in [-0.2, -0.15) is 0 Å². The molecule has 0 aliphatic rings. The van der Waals surface area contributed by atoms with Gasteiger partial charge in [0.15, 0.2) is 0 Å². The maximum absolute atomic E-state index is 12.2. The van der Waals surface area contributed by atoms with Crippen LogP contribution in [0.3, 0.4) is 0 Å². The fraction of sp³-hybridized carbons (Fsp3) is 0.308. The molecule has 19 heavy (non-hydrogen) atoms. The average Bonchev–Trinajstić information content (AvgIpc) is 2.83. The molecule has 1 amide bonds. The van der Waals surface area contributed by atoms with Crippen LogP contribution in [0.4, 0.5) is 5.69 Å². The van der Waals surface area contributed by atoms with Crippen molar-refractivity contribution in [2.75, 3.05) is 19.4 Å². The lowest BCUT2D eigenvalue weighted by Crippen LogP contribution is -2.28. The molecule has 0 aliphatic carbocycles. The summed E-state index contributed by atoms with van der Waals surface area (Å²) in [5.74, 6) is 0.709. The molecule has 0 saturated heterocycles. The zero-order chi connectivity index (χ0) is 13.8. The maximum atomic E-state index is 12.2. The van der Waals surface area contributed by atoms with Crippen molar-refractivity contribution in [2.24, 2.45) is 7.05 Å². The summed E-state index contributed by atoms with van der Waals surface area (Å²) in [6.07, 6.45) is 5.19. The molecule has 0 aliphatic heterocycles. The second kappa shape index (κ2) is 5.51. The van der Waals surface area contributed by atoms with Crippen LogP contribution < -0.4 is 5.32 Å². The van der Waals surface area contributed by atoms with E-state index >= 15 is 0 Å². The van der Waals surface area contributed by atoms with Crippen molar-refractivity contribution in [1.29, 1.82) is 0 Å². The smallest absolute Gasteiger partial charge is 0.272 e. The molecule has 6 nitrogen and oxygen atoms in total. The minimum absolute atomic E-state index is 0.125. The van der Waals surface area contributed by atoms with Crippen molar-refractivity contribution in [2.45, 2.75) is 6.54 Å². The van der Waals surface area contributed by atoms with E-state index in [1.165, 1.54) is 0 Å². The molecule has 0 aromatic carbocycles. The van der Waals surface area contributed by atoms with Gasteiger partial charge in [-0.15, -0.1) is 0 Å². The number of pyridine rings is 1. The van der Waals surface area contributed by atoms with Crippen LogP contribution in [0.2, 0.25) is 0 Å². The molecule has 6 heteroatoms. The molecule has 0 bridgehead atoms. The summed E-state index contributed by atoms with van der Waals surface area (Å²) in [6.45, 7) is 0.452. The summed E-state index contributed by atoms with van der Waals surface area (Å²) in [5, 5.41) is 2.99. The Labute approximate surface area is 112 Å². The SMILES string of the molecule is CNc1ccnc(C(=O)N(C)Cc2nccn2C)c1. The number of hydrogen-bond donors (Lipinski definition) is 1. The first-order valence-corrected chi connectivity index (χ1v) is 5.97. The van der Waals surface area contributed by atoms with E-state index in [0.29, 0.717) is 12.2 Å². The Morgan fingerprint density at radius 2 is 2.21 bits per heavy atom. The largest absolute Gasteiger partial charge is 0.388 e. The molecule has 2 aromatic rings.